The fourth-order valence-electron chi connectivity index (χ4n) is 2.81. The molecule has 0 bridgehead atoms. The van der Waals surface area contributed by atoms with Crippen LogP contribution in [0.25, 0.3) is 0 Å². The van der Waals surface area contributed by atoms with Crippen LogP contribution in [0.3, 0.4) is 0 Å². The maximum atomic E-state index is 12.3. The lowest BCUT2D eigenvalue weighted by atomic mass is 10.0. The molecule has 1 aromatic rings. The Hall–Kier alpha value is -1.49. The summed E-state index contributed by atoms with van der Waals surface area (Å²) >= 11 is 0. The summed E-state index contributed by atoms with van der Waals surface area (Å²) in [7, 11) is 2.13. The number of nitrogens with two attached hydrogens (primary N) is 1. The zero-order valence-corrected chi connectivity index (χ0v) is 12.7. The highest BCUT2D eigenvalue weighted by molar-refractivity contribution is 5.93. The smallest absolute Gasteiger partial charge is 0.268 e. The van der Waals surface area contributed by atoms with E-state index < -0.39 is 0 Å². The minimum absolute atomic E-state index is 0.0330. The van der Waals surface area contributed by atoms with Crippen LogP contribution in [0.2, 0.25) is 0 Å². The Labute approximate surface area is 121 Å². The molecule has 2 heterocycles. The Morgan fingerprint density at radius 1 is 1.50 bits per heavy atom. The SMILES string of the molecule is CC(C)n1cc(N)cc1C(=O)NCC1CCCCN1C. The van der Waals surface area contributed by atoms with Gasteiger partial charge >= 0.3 is 0 Å². The molecular formula is C15H26N4O. The first kappa shape index (κ1) is 14.9. The summed E-state index contributed by atoms with van der Waals surface area (Å²) in [6.45, 7) is 5.92. The van der Waals surface area contributed by atoms with Crippen molar-refractivity contribution in [3.8, 4) is 0 Å². The van der Waals surface area contributed by atoms with Gasteiger partial charge in [0.15, 0.2) is 0 Å². The summed E-state index contributed by atoms with van der Waals surface area (Å²) in [5.74, 6) is -0.0330. The molecule has 1 saturated heterocycles. The highest BCUT2D eigenvalue weighted by Gasteiger charge is 2.21. The third-order valence-corrected chi connectivity index (χ3v) is 4.08. The third-order valence-electron chi connectivity index (χ3n) is 4.08. The van der Waals surface area contributed by atoms with Gasteiger partial charge in [0.05, 0.1) is 5.69 Å². The van der Waals surface area contributed by atoms with E-state index >= 15 is 0 Å². The number of hydrogen-bond donors (Lipinski definition) is 2. The first-order chi connectivity index (χ1) is 9.49. The van der Waals surface area contributed by atoms with E-state index in [0.29, 0.717) is 24.0 Å². The van der Waals surface area contributed by atoms with Crippen molar-refractivity contribution < 1.29 is 4.79 Å². The average Bonchev–Trinajstić information content (AvgIpc) is 2.80. The highest BCUT2D eigenvalue weighted by atomic mass is 16.1. The molecule has 2 rings (SSSR count). The Morgan fingerprint density at radius 3 is 2.90 bits per heavy atom. The van der Waals surface area contributed by atoms with E-state index in [9.17, 15) is 4.79 Å². The summed E-state index contributed by atoms with van der Waals surface area (Å²) in [6.07, 6.45) is 5.49. The number of piperidine rings is 1. The molecule has 1 aromatic heterocycles. The summed E-state index contributed by atoms with van der Waals surface area (Å²) in [5, 5.41) is 3.05. The fraction of sp³-hybridized carbons (Fsp3) is 0.667. The summed E-state index contributed by atoms with van der Waals surface area (Å²) in [4.78, 5) is 14.7. The molecule has 1 amide bonds. The predicted octanol–water partition coefficient (Wildman–Crippen LogP) is 1.87. The van der Waals surface area contributed by atoms with Crippen LogP contribution in [0.4, 0.5) is 5.69 Å². The van der Waals surface area contributed by atoms with Gasteiger partial charge in [0, 0.05) is 24.8 Å². The Bertz CT molecular complexity index is 466. The molecule has 1 aliphatic rings. The largest absolute Gasteiger partial charge is 0.397 e. The molecule has 0 saturated carbocycles. The van der Waals surface area contributed by atoms with E-state index in [2.05, 4.69) is 17.3 Å². The lowest BCUT2D eigenvalue weighted by Gasteiger charge is -2.32. The van der Waals surface area contributed by atoms with E-state index in [4.69, 9.17) is 5.73 Å². The van der Waals surface area contributed by atoms with Crippen LogP contribution in [0.15, 0.2) is 12.3 Å². The number of likely N-dealkylation sites (N-methyl/N-ethyl adjacent to an activating group) is 1. The van der Waals surface area contributed by atoms with E-state index in [1.54, 1.807) is 6.07 Å². The lowest BCUT2D eigenvalue weighted by Crippen LogP contribution is -2.44. The number of amides is 1. The van der Waals surface area contributed by atoms with Crippen molar-refractivity contribution in [1.82, 2.24) is 14.8 Å². The van der Waals surface area contributed by atoms with Crippen LogP contribution < -0.4 is 11.1 Å². The number of aromatic nitrogens is 1. The molecule has 1 unspecified atom stereocenters. The van der Waals surface area contributed by atoms with Gasteiger partial charge in [-0.1, -0.05) is 6.42 Å². The number of hydrogen-bond acceptors (Lipinski definition) is 3. The molecule has 20 heavy (non-hydrogen) atoms. The maximum Gasteiger partial charge on any atom is 0.268 e. The van der Waals surface area contributed by atoms with Crippen LogP contribution in [-0.2, 0) is 0 Å². The molecular weight excluding hydrogens is 252 g/mol. The number of carbonyl (C=O) groups is 1. The third kappa shape index (κ3) is 3.33. The zero-order chi connectivity index (χ0) is 14.7. The van der Waals surface area contributed by atoms with E-state index in [-0.39, 0.29) is 11.9 Å². The molecule has 5 heteroatoms. The monoisotopic (exact) mass is 278 g/mol. The number of nitrogens with zero attached hydrogens (tertiary/aromatic N) is 2. The van der Waals surface area contributed by atoms with E-state index in [1.807, 2.05) is 24.6 Å². The van der Waals surface area contributed by atoms with Gasteiger partial charge in [-0.3, -0.25) is 4.79 Å². The van der Waals surface area contributed by atoms with Gasteiger partial charge in [0.25, 0.3) is 5.91 Å². The highest BCUT2D eigenvalue weighted by Crippen LogP contribution is 2.17. The standard InChI is InChI=1S/C15H26N4O/c1-11(2)19-10-12(16)8-14(19)15(20)17-9-13-6-4-5-7-18(13)3/h8,10-11,13H,4-7,9,16H2,1-3H3,(H,17,20). The zero-order valence-electron chi connectivity index (χ0n) is 12.7. The number of rotatable bonds is 4. The van der Waals surface area contributed by atoms with Crippen molar-refractivity contribution >= 4 is 11.6 Å². The maximum absolute atomic E-state index is 12.3. The molecule has 0 spiro atoms. The summed E-state index contributed by atoms with van der Waals surface area (Å²) < 4.78 is 1.93. The number of anilines is 1. The minimum atomic E-state index is -0.0330. The minimum Gasteiger partial charge on any atom is -0.397 e. The molecule has 1 aliphatic heterocycles. The van der Waals surface area contributed by atoms with Crippen LogP contribution in [0.5, 0.6) is 0 Å². The molecule has 5 nitrogen and oxygen atoms in total. The first-order valence-electron chi connectivity index (χ1n) is 7.45. The van der Waals surface area contributed by atoms with E-state index in [0.717, 1.165) is 13.0 Å². The number of nitrogen functional groups attached to an aromatic ring is 1. The molecule has 1 fully saturated rings. The number of likely N-dealkylation sites (tertiary alicyclic amines) is 1. The van der Waals surface area contributed by atoms with Crippen molar-refractivity contribution in [2.75, 3.05) is 25.9 Å². The predicted molar refractivity (Wildman–Crippen MR) is 81.8 cm³/mol. The van der Waals surface area contributed by atoms with Crippen LogP contribution in [0, 0.1) is 0 Å². The molecule has 0 aliphatic carbocycles. The molecule has 1 atom stereocenters. The average molecular weight is 278 g/mol. The summed E-state index contributed by atoms with van der Waals surface area (Å²) in [5.41, 5.74) is 7.09. The van der Waals surface area contributed by atoms with Gasteiger partial charge in [-0.15, -0.1) is 0 Å². The Morgan fingerprint density at radius 2 is 2.25 bits per heavy atom. The van der Waals surface area contributed by atoms with Gasteiger partial charge in [-0.2, -0.15) is 0 Å². The first-order valence-corrected chi connectivity index (χ1v) is 7.45. The van der Waals surface area contributed by atoms with Gasteiger partial charge in [0.2, 0.25) is 0 Å². The second-order valence-electron chi connectivity index (χ2n) is 6.00. The van der Waals surface area contributed by atoms with Crippen LogP contribution in [0.1, 0.15) is 49.6 Å². The van der Waals surface area contributed by atoms with Gasteiger partial charge in [0.1, 0.15) is 5.69 Å². The quantitative estimate of drug-likeness (QED) is 0.883. The lowest BCUT2D eigenvalue weighted by molar-refractivity contribution is 0.0918. The van der Waals surface area contributed by atoms with Gasteiger partial charge in [-0.05, 0) is 46.3 Å². The van der Waals surface area contributed by atoms with Gasteiger partial charge < -0.3 is 20.5 Å². The summed E-state index contributed by atoms with van der Waals surface area (Å²) in [6, 6.07) is 2.43. The number of nitrogens with one attached hydrogen (secondary N) is 1. The molecule has 0 radical (unpaired) electrons. The van der Waals surface area contributed by atoms with Crippen LogP contribution in [-0.4, -0.2) is 41.6 Å². The van der Waals surface area contributed by atoms with Crippen LogP contribution >= 0.6 is 0 Å². The molecule has 112 valence electrons. The Balaban J connectivity index is 1.98. The molecule has 0 aromatic carbocycles. The van der Waals surface area contributed by atoms with Crippen molar-refractivity contribution in [1.29, 1.82) is 0 Å². The van der Waals surface area contributed by atoms with Gasteiger partial charge in [-0.25, -0.2) is 0 Å². The van der Waals surface area contributed by atoms with Crippen molar-refractivity contribution in [2.24, 2.45) is 0 Å². The topological polar surface area (TPSA) is 63.3 Å². The second kappa shape index (κ2) is 6.31. The normalized spacial score (nSPS) is 20.3. The molecule has 3 N–H and O–H groups in total. The number of carbonyl (C=O) groups excluding carboxylic acids is 1. The van der Waals surface area contributed by atoms with Crippen molar-refractivity contribution in [3.05, 3.63) is 18.0 Å². The Kier molecular flexibility index (Phi) is 4.70. The second-order valence-corrected chi connectivity index (χ2v) is 6.00. The fourth-order valence-corrected chi connectivity index (χ4v) is 2.81. The van der Waals surface area contributed by atoms with Crippen molar-refractivity contribution in [2.45, 2.75) is 45.2 Å². The van der Waals surface area contributed by atoms with E-state index in [1.165, 1.54) is 12.8 Å². The van der Waals surface area contributed by atoms with Crippen molar-refractivity contribution in [3.63, 3.8) is 0 Å².